The Bertz CT molecular complexity index is 118. The smallest absolute Gasteiger partial charge is 0.182 e. The van der Waals surface area contributed by atoms with E-state index in [0.717, 1.165) is 17.9 Å². The molecule has 0 bridgehead atoms. The summed E-state index contributed by atoms with van der Waals surface area (Å²) in [5.41, 5.74) is 0. The zero-order chi connectivity index (χ0) is 6.41. The van der Waals surface area contributed by atoms with Crippen molar-refractivity contribution in [3.05, 3.63) is 24.5 Å². The van der Waals surface area contributed by atoms with Crippen LogP contribution in [0.1, 0.15) is 0 Å². The average Bonchev–Trinajstić information content (AvgIpc) is 1.66. The van der Waals surface area contributed by atoms with Crippen LogP contribution in [0.25, 0.3) is 0 Å². The van der Waals surface area contributed by atoms with Crippen LogP contribution in [0, 0.1) is 0 Å². The van der Waals surface area contributed by atoms with Gasteiger partial charge in [-0.05, 0) is 0 Å². The molecule has 0 heterocycles. The highest BCUT2D eigenvalue weighted by Gasteiger charge is 1.76. The van der Waals surface area contributed by atoms with Gasteiger partial charge in [0.25, 0.3) is 0 Å². The van der Waals surface area contributed by atoms with Crippen LogP contribution >= 0.6 is 0 Å². The van der Waals surface area contributed by atoms with E-state index in [1.807, 2.05) is 0 Å². The zero-order valence-electron chi connectivity index (χ0n) is 4.11. The Hall–Kier alpha value is -0.610. The van der Waals surface area contributed by atoms with Crippen LogP contribution in [0.15, 0.2) is 24.5 Å². The highest BCUT2D eigenvalue weighted by Crippen LogP contribution is 1.79. The molecule has 0 aromatic rings. The SMILES string of the molecule is C=COC=CS(=O)O. The Morgan fingerprint density at radius 2 is 2.38 bits per heavy atom. The van der Waals surface area contributed by atoms with Gasteiger partial charge in [-0.3, -0.25) is 0 Å². The van der Waals surface area contributed by atoms with E-state index in [1.54, 1.807) is 0 Å². The average molecular weight is 134 g/mol. The Kier molecular flexibility index (Phi) is 4.20. The predicted molar refractivity (Wildman–Crippen MR) is 31.2 cm³/mol. The first kappa shape index (κ1) is 7.39. The van der Waals surface area contributed by atoms with E-state index in [9.17, 15) is 4.21 Å². The molecule has 8 heavy (non-hydrogen) atoms. The van der Waals surface area contributed by atoms with Crippen molar-refractivity contribution in [3.8, 4) is 0 Å². The van der Waals surface area contributed by atoms with Crippen LogP contribution in [0.5, 0.6) is 0 Å². The monoisotopic (exact) mass is 134 g/mol. The molecule has 0 aliphatic carbocycles. The largest absolute Gasteiger partial charge is 0.473 e. The van der Waals surface area contributed by atoms with Crippen LogP contribution in [0.4, 0.5) is 0 Å². The molecule has 1 N–H and O–H groups in total. The van der Waals surface area contributed by atoms with Crippen molar-refractivity contribution < 1.29 is 13.5 Å². The normalized spacial score (nSPS) is 13.6. The maximum atomic E-state index is 9.78. The van der Waals surface area contributed by atoms with E-state index in [2.05, 4.69) is 11.3 Å². The summed E-state index contributed by atoms with van der Waals surface area (Å²) in [5, 5.41) is 0.988. The van der Waals surface area contributed by atoms with E-state index < -0.39 is 11.1 Å². The number of hydrogen-bond acceptors (Lipinski definition) is 2. The lowest BCUT2D eigenvalue weighted by Crippen LogP contribution is -1.75. The molecule has 3 nitrogen and oxygen atoms in total. The molecule has 0 aromatic carbocycles. The molecule has 46 valence electrons. The molecule has 0 rings (SSSR count). The second-order valence-electron chi connectivity index (χ2n) is 0.851. The summed E-state index contributed by atoms with van der Waals surface area (Å²) in [7, 11) is 0. The molecule has 0 amide bonds. The Labute approximate surface area is 49.9 Å². The first-order valence-corrected chi connectivity index (χ1v) is 2.97. The van der Waals surface area contributed by atoms with Gasteiger partial charge in [0.2, 0.25) is 0 Å². The van der Waals surface area contributed by atoms with Crippen molar-refractivity contribution in [2.75, 3.05) is 0 Å². The van der Waals surface area contributed by atoms with Gasteiger partial charge in [0.05, 0.1) is 11.7 Å². The van der Waals surface area contributed by atoms with Crippen LogP contribution in [-0.4, -0.2) is 8.76 Å². The summed E-state index contributed by atoms with van der Waals surface area (Å²) in [6, 6.07) is 0. The molecule has 0 spiro atoms. The van der Waals surface area contributed by atoms with Crippen molar-refractivity contribution in [1.29, 1.82) is 0 Å². The fraction of sp³-hybridized carbons (Fsp3) is 0. The fourth-order valence-electron chi connectivity index (χ4n) is 0.135. The standard InChI is InChI=1S/C4H6O3S/c1-2-7-3-4-8(5)6/h2-4H,1H2,(H,5,6). The molecule has 0 saturated carbocycles. The Morgan fingerprint density at radius 3 is 2.75 bits per heavy atom. The molecule has 0 radical (unpaired) electrons. The zero-order valence-corrected chi connectivity index (χ0v) is 4.93. The quantitative estimate of drug-likeness (QED) is 0.459. The molecule has 0 aliphatic rings. The minimum absolute atomic E-state index is 0.988. The summed E-state index contributed by atoms with van der Waals surface area (Å²) in [5.74, 6) is 0. The van der Waals surface area contributed by atoms with Gasteiger partial charge in [-0.25, -0.2) is 4.21 Å². The van der Waals surface area contributed by atoms with Gasteiger partial charge < -0.3 is 9.29 Å². The summed E-state index contributed by atoms with van der Waals surface area (Å²) in [4.78, 5) is 0. The highest BCUT2D eigenvalue weighted by molar-refractivity contribution is 7.82. The van der Waals surface area contributed by atoms with Crippen molar-refractivity contribution in [1.82, 2.24) is 0 Å². The molecule has 1 atom stereocenters. The lowest BCUT2D eigenvalue weighted by Gasteiger charge is -1.82. The maximum Gasteiger partial charge on any atom is 0.182 e. The number of rotatable bonds is 3. The minimum Gasteiger partial charge on any atom is -0.473 e. The third-order valence-corrected chi connectivity index (χ3v) is 0.691. The molecule has 0 fully saturated rings. The fourth-order valence-corrected chi connectivity index (χ4v) is 0.294. The van der Waals surface area contributed by atoms with Gasteiger partial charge in [0, 0.05) is 0 Å². The summed E-state index contributed by atoms with van der Waals surface area (Å²) < 4.78 is 22.2. The van der Waals surface area contributed by atoms with Gasteiger partial charge in [-0.15, -0.1) is 0 Å². The predicted octanol–water partition coefficient (Wildman–Crippen LogP) is 0.839. The third-order valence-electron chi connectivity index (χ3n) is 0.347. The van der Waals surface area contributed by atoms with Crippen molar-refractivity contribution in [2.24, 2.45) is 0 Å². The van der Waals surface area contributed by atoms with Crippen LogP contribution < -0.4 is 0 Å². The third kappa shape index (κ3) is 5.39. The molecular formula is C4H6O3S. The van der Waals surface area contributed by atoms with E-state index >= 15 is 0 Å². The molecule has 0 saturated heterocycles. The van der Waals surface area contributed by atoms with Gasteiger partial charge in [-0.1, -0.05) is 6.58 Å². The maximum absolute atomic E-state index is 9.78. The Morgan fingerprint density at radius 1 is 1.75 bits per heavy atom. The second-order valence-corrected chi connectivity index (χ2v) is 1.68. The van der Waals surface area contributed by atoms with Crippen LogP contribution in [0.2, 0.25) is 0 Å². The van der Waals surface area contributed by atoms with Gasteiger partial charge in [0.15, 0.2) is 11.1 Å². The summed E-state index contributed by atoms with van der Waals surface area (Å²) in [6.07, 6.45) is 2.24. The molecule has 0 aromatic heterocycles. The van der Waals surface area contributed by atoms with E-state index in [0.29, 0.717) is 0 Å². The lowest BCUT2D eigenvalue weighted by molar-refractivity contribution is 0.405. The topological polar surface area (TPSA) is 46.5 Å². The molecule has 0 aliphatic heterocycles. The van der Waals surface area contributed by atoms with Gasteiger partial charge >= 0.3 is 0 Å². The van der Waals surface area contributed by atoms with Crippen LogP contribution in [-0.2, 0) is 15.8 Å². The first-order chi connectivity index (χ1) is 3.77. The molecule has 4 heteroatoms. The summed E-state index contributed by atoms with van der Waals surface area (Å²) >= 11 is -1.92. The Balaban J connectivity index is 3.34. The van der Waals surface area contributed by atoms with Gasteiger partial charge in [0.1, 0.15) is 6.26 Å². The van der Waals surface area contributed by atoms with E-state index in [4.69, 9.17) is 4.55 Å². The lowest BCUT2D eigenvalue weighted by atomic mass is 11.1. The van der Waals surface area contributed by atoms with Crippen molar-refractivity contribution in [2.45, 2.75) is 0 Å². The minimum atomic E-state index is -1.92. The van der Waals surface area contributed by atoms with E-state index in [1.165, 1.54) is 0 Å². The van der Waals surface area contributed by atoms with Crippen molar-refractivity contribution >= 4 is 11.1 Å². The van der Waals surface area contributed by atoms with Gasteiger partial charge in [-0.2, -0.15) is 0 Å². The van der Waals surface area contributed by atoms with Crippen molar-refractivity contribution in [3.63, 3.8) is 0 Å². The molecular weight excluding hydrogens is 128 g/mol. The number of hydrogen-bond donors (Lipinski definition) is 1. The number of ether oxygens (including phenoxy) is 1. The second kappa shape index (κ2) is 4.55. The molecule has 1 unspecified atom stereocenters. The first-order valence-electron chi connectivity index (χ1n) is 1.80. The van der Waals surface area contributed by atoms with E-state index in [-0.39, 0.29) is 0 Å². The highest BCUT2D eigenvalue weighted by atomic mass is 32.2. The summed E-state index contributed by atoms with van der Waals surface area (Å²) in [6.45, 7) is 3.20. The van der Waals surface area contributed by atoms with Crippen LogP contribution in [0.3, 0.4) is 0 Å².